The van der Waals surface area contributed by atoms with Gasteiger partial charge in [-0.1, -0.05) is 41.9 Å². The molecule has 2 aliphatic carbocycles. The van der Waals surface area contributed by atoms with Crippen LogP contribution < -0.4 is 10.6 Å². The summed E-state index contributed by atoms with van der Waals surface area (Å²) in [6.45, 7) is 3.02. The largest absolute Gasteiger partial charge is 2.00 e. The van der Waals surface area contributed by atoms with E-state index in [2.05, 4.69) is 53.9 Å². The van der Waals surface area contributed by atoms with Gasteiger partial charge in [0.25, 0.3) is 0 Å². The summed E-state index contributed by atoms with van der Waals surface area (Å²) in [5, 5.41) is 8.22. The summed E-state index contributed by atoms with van der Waals surface area (Å²) in [6.07, 6.45) is 18.1. The maximum absolute atomic E-state index is 13.2. The second kappa shape index (κ2) is 17.6. The Balaban J connectivity index is 0.000000696. The van der Waals surface area contributed by atoms with Gasteiger partial charge in [-0.3, -0.25) is 4.98 Å². The minimum absolute atomic E-state index is 0. The van der Waals surface area contributed by atoms with Crippen LogP contribution in [0.2, 0.25) is 5.02 Å². The van der Waals surface area contributed by atoms with E-state index in [0.29, 0.717) is 31.2 Å². The molecule has 0 saturated heterocycles. The summed E-state index contributed by atoms with van der Waals surface area (Å²) in [5.41, 5.74) is 2.88. The van der Waals surface area contributed by atoms with Crippen molar-refractivity contribution in [2.24, 2.45) is 0 Å². The minimum Gasteiger partial charge on any atom is -0.383 e. The molecular weight excluding hydrogens is 574 g/mol. The minimum atomic E-state index is -0.0842. The number of pyridine rings is 1. The van der Waals surface area contributed by atoms with Crippen LogP contribution in [0.1, 0.15) is 5.56 Å². The fraction of sp³-hybridized carbons (Fsp3) is 0.212. The van der Waals surface area contributed by atoms with Gasteiger partial charge in [0.2, 0.25) is 0 Å². The molecule has 3 aromatic rings. The van der Waals surface area contributed by atoms with Gasteiger partial charge in [-0.2, -0.15) is 0 Å². The molecule has 2 fully saturated rings. The number of hydrogen-bond donors (Lipinski definition) is 2. The van der Waals surface area contributed by atoms with Crippen molar-refractivity contribution in [1.29, 1.82) is 0 Å². The fourth-order valence-corrected chi connectivity index (χ4v) is 4.58. The standard InChI is InChI=1S/C28H31ClN5O.C5H5.Fe/c1-33(2)19-22-9-6-10-23(22)20-34(28(35)32-18-21-7-4-3-5-8-21)16-15-31-26-13-14-30-27-17-24(29)11-12-25(26)27;1-2-4-5-3-1;/h3-14,17H,15-16,18-20H2,1-2H3,(H,30,31)(H,32,35);1-5H;/q;;+2. The van der Waals surface area contributed by atoms with Crippen molar-refractivity contribution in [3.63, 3.8) is 0 Å². The molecule has 1 aromatic heterocycles. The van der Waals surface area contributed by atoms with Crippen LogP contribution in [0.4, 0.5) is 10.5 Å². The Labute approximate surface area is 262 Å². The first kappa shape index (κ1) is 33.2. The van der Waals surface area contributed by atoms with Crippen LogP contribution in [0.15, 0.2) is 60.8 Å². The second-order valence-corrected chi connectivity index (χ2v) is 10.2. The maximum atomic E-state index is 13.2. The van der Waals surface area contributed by atoms with Gasteiger partial charge >= 0.3 is 23.1 Å². The Morgan fingerprint density at radius 1 is 0.878 bits per heavy atom. The molecule has 2 saturated carbocycles. The number of rotatable bonds is 10. The van der Waals surface area contributed by atoms with Crippen LogP contribution in [0.3, 0.4) is 0 Å². The number of urea groups is 1. The molecule has 0 spiro atoms. The van der Waals surface area contributed by atoms with Gasteiger partial charge in [0.1, 0.15) is 0 Å². The third kappa shape index (κ3) is 10.8. The number of aromatic nitrogens is 1. The Hall–Kier alpha value is -2.31. The number of hydrogen-bond acceptors (Lipinski definition) is 4. The summed E-state index contributed by atoms with van der Waals surface area (Å²) in [5.74, 6) is 2.40. The third-order valence-corrected chi connectivity index (χ3v) is 6.62. The molecule has 6 nitrogen and oxygen atoms in total. The number of benzene rings is 2. The Morgan fingerprint density at radius 3 is 2.24 bits per heavy atom. The first-order valence-corrected chi connectivity index (χ1v) is 13.8. The number of halogens is 1. The fourth-order valence-electron chi connectivity index (χ4n) is 4.41. The van der Waals surface area contributed by atoms with Gasteiger partial charge in [0, 0.05) is 66.9 Å². The predicted molar refractivity (Wildman–Crippen MR) is 165 cm³/mol. The number of carbonyl (C=O) groups is 1. The summed E-state index contributed by atoms with van der Waals surface area (Å²) in [4.78, 5) is 21.6. The van der Waals surface area contributed by atoms with Crippen LogP contribution in [0.25, 0.3) is 10.9 Å². The zero-order chi connectivity index (χ0) is 28.2. The Bertz CT molecular complexity index is 1180. The van der Waals surface area contributed by atoms with E-state index in [4.69, 9.17) is 11.6 Å². The van der Waals surface area contributed by atoms with Crippen molar-refractivity contribution >= 4 is 34.2 Å². The molecule has 0 unspecified atom stereocenters. The summed E-state index contributed by atoms with van der Waals surface area (Å²) < 4.78 is 0. The Kier molecular flexibility index (Phi) is 14.2. The molecule has 0 bridgehead atoms. The van der Waals surface area contributed by atoms with E-state index < -0.39 is 0 Å². The molecule has 2 amide bonds. The molecule has 2 N–H and O–H groups in total. The summed E-state index contributed by atoms with van der Waals surface area (Å²) >= 11 is 6.12. The number of amides is 2. The quantitative estimate of drug-likeness (QED) is 0.283. The normalized spacial score (nSPS) is 15.3. The van der Waals surface area contributed by atoms with E-state index in [0.717, 1.165) is 34.6 Å². The van der Waals surface area contributed by atoms with Gasteiger partial charge in [-0.05, 0) is 95.3 Å². The molecule has 8 heteroatoms. The van der Waals surface area contributed by atoms with E-state index >= 15 is 0 Å². The Morgan fingerprint density at radius 2 is 1.56 bits per heavy atom. The first-order valence-electron chi connectivity index (χ1n) is 13.4. The zero-order valence-corrected chi connectivity index (χ0v) is 25.3. The molecule has 212 valence electrons. The first-order chi connectivity index (χ1) is 19.5. The van der Waals surface area contributed by atoms with Gasteiger partial charge in [-0.25, -0.2) is 4.79 Å². The van der Waals surface area contributed by atoms with Crippen molar-refractivity contribution in [3.8, 4) is 0 Å². The van der Waals surface area contributed by atoms with Gasteiger partial charge in [0.15, 0.2) is 0 Å². The van der Waals surface area contributed by atoms with E-state index in [1.54, 1.807) is 6.20 Å². The van der Waals surface area contributed by atoms with Crippen LogP contribution in [-0.4, -0.2) is 61.1 Å². The molecule has 10 radical (unpaired) electrons. The van der Waals surface area contributed by atoms with Crippen LogP contribution in [0, 0.1) is 63.2 Å². The predicted octanol–water partition coefficient (Wildman–Crippen LogP) is 5.87. The van der Waals surface area contributed by atoms with Crippen molar-refractivity contribution < 1.29 is 21.9 Å². The smallest absolute Gasteiger partial charge is 0.383 e. The summed E-state index contributed by atoms with van der Waals surface area (Å²) in [6, 6.07) is 17.5. The molecule has 5 rings (SSSR count). The number of fused-ring (bicyclic) bond motifs is 1. The average Bonchev–Trinajstić information content (AvgIpc) is 3.67. The monoisotopic (exact) mass is 609 g/mol. The van der Waals surface area contributed by atoms with Crippen molar-refractivity contribution in [2.75, 3.05) is 45.6 Å². The van der Waals surface area contributed by atoms with E-state index in [1.807, 2.05) is 91.6 Å². The molecule has 1 heterocycles. The van der Waals surface area contributed by atoms with E-state index in [-0.39, 0.29) is 23.1 Å². The van der Waals surface area contributed by atoms with Gasteiger partial charge in [-0.15, -0.1) is 0 Å². The number of nitrogens with one attached hydrogen (secondary N) is 2. The van der Waals surface area contributed by atoms with Gasteiger partial charge in [0.05, 0.1) is 5.52 Å². The third-order valence-electron chi connectivity index (χ3n) is 6.39. The number of carbonyl (C=O) groups excluding carboxylic acids is 1. The maximum Gasteiger partial charge on any atom is 2.00 e. The SMILES string of the molecule is CN(C)C[C]1[CH][CH][CH][C]1CN(CCNc1ccnc2cc(Cl)ccc12)C(=O)NCc1ccccc1.[CH]1[CH][CH][CH][CH]1.[Fe+2]. The molecule has 0 aliphatic heterocycles. The number of nitrogens with zero attached hydrogens (tertiary/aromatic N) is 3. The van der Waals surface area contributed by atoms with Crippen molar-refractivity contribution in [1.82, 2.24) is 20.1 Å². The number of anilines is 1. The van der Waals surface area contributed by atoms with Crippen molar-refractivity contribution in [3.05, 3.63) is 135 Å². The van der Waals surface area contributed by atoms with E-state index in [9.17, 15) is 4.79 Å². The van der Waals surface area contributed by atoms with E-state index in [1.165, 1.54) is 5.92 Å². The summed E-state index contributed by atoms with van der Waals surface area (Å²) in [7, 11) is 4.11. The molecule has 41 heavy (non-hydrogen) atoms. The molecule has 2 aliphatic rings. The second-order valence-electron chi connectivity index (χ2n) is 9.79. The van der Waals surface area contributed by atoms with Crippen molar-refractivity contribution in [2.45, 2.75) is 6.54 Å². The molecule has 0 atom stereocenters. The van der Waals surface area contributed by atoms with Crippen LogP contribution in [0.5, 0.6) is 0 Å². The van der Waals surface area contributed by atoms with Gasteiger partial charge < -0.3 is 20.4 Å². The zero-order valence-electron chi connectivity index (χ0n) is 23.4. The molecule has 2 aromatic carbocycles. The molecular formula is C33H36ClFeN5O+2. The van der Waals surface area contributed by atoms with Crippen LogP contribution >= 0.6 is 11.6 Å². The van der Waals surface area contributed by atoms with Crippen LogP contribution in [-0.2, 0) is 23.6 Å². The topological polar surface area (TPSA) is 60.5 Å². The average molecular weight is 610 g/mol.